The number of rotatable bonds is 6. The summed E-state index contributed by atoms with van der Waals surface area (Å²) in [5.74, 6) is 1.54. The lowest BCUT2D eigenvalue weighted by atomic mass is 9.56. The zero-order valence-electron chi connectivity index (χ0n) is 19.3. The van der Waals surface area contributed by atoms with E-state index in [1.165, 1.54) is 12.0 Å². The first-order chi connectivity index (χ1) is 17.1. The third-order valence-electron chi connectivity index (χ3n) is 7.13. The lowest BCUT2D eigenvalue weighted by molar-refractivity contribution is -0.104. The molecule has 35 heavy (non-hydrogen) atoms. The van der Waals surface area contributed by atoms with Gasteiger partial charge in [0.15, 0.2) is 0 Å². The summed E-state index contributed by atoms with van der Waals surface area (Å²) in [4.78, 5) is 29.9. The van der Waals surface area contributed by atoms with Gasteiger partial charge in [-0.2, -0.15) is 0 Å². The second-order valence-corrected chi connectivity index (χ2v) is 9.42. The van der Waals surface area contributed by atoms with E-state index >= 15 is 0 Å². The summed E-state index contributed by atoms with van der Waals surface area (Å²) < 4.78 is 7.95. The van der Waals surface area contributed by atoms with Gasteiger partial charge in [0.25, 0.3) is 0 Å². The van der Waals surface area contributed by atoms with Gasteiger partial charge >= 0.3 is 6.01 Å². The monoisotopic (exact) mass is 467 g/mol. The second-order valence-electron chi connectivity index (χ2n) is 9.42. The van der Waals surface area contributed by atoms with Gasteiger partial charge in [-0.25, -0.2) is 19.9 Å². The molecule has 0 radical (unpaired) electrons. The van der Waals surface area contributed by atoms with Crippen LogP contribution in [0.3, 0.4) is 0 Å². The number of anilines is 1. The first kappa shape index (κ1) is 21.3. The number of nitrogens with two attached hydrogens (primary N) is 1. The van der Waals surface area contributed by atoms with Gasteiger partial charge in [-0.05, 0) is 42.7 Å². The van der Waals surface area contributed by atoms with Crippen molar-refractivity contribution < 1.29 is 9.53 Å². The number of ether oxygens (including phenoxy) is 1. The molecule has 1 aliphatic heterocycles. The maximum Gasteiger partial charge on any atom is 0.321 e. The molecule has 2 N–H and O–H groups in total. The van der Waals surface area contributed by atoms with Gasteiger partial charge < -0.3 is 19.9 Å². The van der Waals surface area contributed by atoms with Crippen LogP contribution in [0.15, 0.2) is 61.3 Å². The van der Waals surface area contributed by atoms with E-state index in [4.69, 9.17) is 10.5 Å². The summed E-state index contributed by atoms with van der Waals surface area (Å²) >= 11 is 0. The molecule has 4 heterocycles. The molecule has 9 heteroatoms. The van der Waals surface area contributed by atoms with Crippen LogP contribution in [-0.4, -0.2) is 48.8 Å². The minimum atomic E-state index is 0.307. The number of nitrogens with zero attached hydrogens (tertiary/aromatic N) is 6. The van der Waals surface area contributed by atoms with Crippen LogP contribution in [-0.2, 0) is 11.8 Å². The zero-order valence-corrected chi connectivity index (χ0v) is 19.3. The van der Waals surface area contributed by atoms with E-state index in [2.05, 4.69) is 36.5 Å². The molecular weight excluding hydrogens is 442 g/mol. The average Bonchev–Trinajstić information content (AvgIpc) is 3.12. The molecule has 176 valence electrons. The quantitative estimate of drug-likeness (QED) is 0.338. The number of benzene rings is 1. The molecule has 2 fully saturated rings. The first-order valence-corrected chi connectivity index (χ1v) is 11.6. The molecule has 0 bridgehead atoms. The van der Waals surface area contributed by atoms with Crippen LogP contribution in [0.4, 0.5) is 5.82 Å². The van der Waals surface area contributed by atoms with Crippen molar-refractivity contribution in [3.05, 3.63) is 67.0 Å². The van der Waals surface area contributed by atoms with Crippen molar-refractivity contribution in [3.63, 3.8) is 0 Å². The number of allylic oxidation sites excluding steroid dienone is 1. The Bertz CT molecular complexity index is 1420. The van der Waals surface area contributed by atoms with Crippen LogP contribution in [0.25, 0.3) is 22.2 Å². The molecule has 1 saturated heterocycles. The van der Waals surface area contributed by atoms with E-state index in [1.807, 2.05) is 30.5 Å². The summed E-state index contributed by atoms with van der Waals surface area (Å²) in [6.45, 7) is 1.98. The fourth-order valence-electron chi connectivity index (χ4n) is 5.71. The highest BCUT2D eigenvalue weighted by Crippen LogP contribution is 2.58. The molecular formula is C26H25N7O2. The third kappa shape index (κ3) is 3.60. The molecule has 0 amide bonds. The summed E-state index contributed by atoms with van der Waals surface area (Å²) in [6, 6.07) is 9.96. The largest absolute Gasteiger partial charge is 0.424 e. The van der Waals surface area contributed by atoms with Crippen molar-refractivity contribution >= 4 is 23.1 Å². The summed E-state index contributed by atoms with van der Waals surface area (Å²) in [7, 11) is 2.06. The molecule has 6 rings (SSSR count). The lowest BCUT2D eigenvalue weighted by Gasteiger charge is -2.59. The molecule has 9 nitrogen and oxygen atoms in total. The summed E-state index contributed by atoms with van der Waals surface area (Å²) in [6.07, 6.45) is 11.3. The van der Waals surface area contributed by atoms with E-state index in [1.54, 1.807) is 24.5 Å². The van der Waals surface area contributed by atoms with Gasteiger partial charge in [0.05, 0.1) is 5.39 Å². The standard InChI is InChI=1S/C26H25N7O2/c1-32-22(18-12-26(13-18)14-33(15-26)10-3-11-34)20(21-23(27)30-16-31-24(21)32)17-4-6-19(7-5-17)35-25-28-8-2-9-29-25/h2-11,16,18H,12-15H2,1H3,(H2,27,30,31). The van der Waals surface area contributed by atoms with E-state index in [-0.39, 0.29) is 0 Å². The van der Waals surface area contributed by atoms with Gasteiger partial charge in [-0.15, -0.1) is 0 Å². The number of aryl methyl sites for hydroxylation is 1. The first-order valence-electron chi connectivity index (χ1n) is 11.6. The summed E-state index contributed by atoms with van der Waals surface area (Å²) in [5, 5.41) is 0.884. The second kappa shape index (κ2) is 8.19. The predicted molar refractivity (Wildman–Crippen MR) is 132 cm³/mol. The van der Waals surface area contributed by atoms with Gasteiger partial charge in [0.2, 0.25) is 0 Å². The molecule has 0 unspecified atom stereocenters. The van der Waals surface area contributed by atoms with E-state index in [0.717, 1.165) is 54.4 Å². The molecule has 2 aliphatic rings. The number of carbonyl (C=O) groups excluding carboxylic acids is 1. The Kier molecular flexibility index (Phi) is 4.98. The highest BCUT2D eigenvalue weighted by molar-refractivity contribution is 6.02. The molecule has 4 aromatic rings. The minimum Gasteiger partial charge on any atom is -0.424 e. The molecule has 0 atom stereocenters. The van der Waals surface area contributed by atoms with Crippen molar-refractivity contribution in [1.29, 1.82) is 0 Å². The number of hydrogen-bond donors (Lipinski definition) is 1. The highest BCUT2D eigenvalue weighted by atomic mass is 16.5. The topological polar surface area (TPSA) is 112 Å². The maximum atomic E-state index is 10.6. The minimum absolute atomic E-state index is 0.307. The van der Waals surface area contributed by atoms with Crippen molar-refractivity contribution in [3.8, 4) is 22.9 Å². The van der Waals surface area contributed by atoms with Crippen LogP contribution >= 0.6 is 0 Å². The molecule has 1 aliphatic carbocycles. The number of aldehydes is 1. The number of likely N-dealkylation sites (tertiary alicyclic amines) is 1. The van der Waals surface area contributed by atoms with Crippen molar-refractivity contribution in [1.82, 2.24) is 29.4 Å². The van der Waals surface area contributed by atoms with Crippen molar-refractivity contribution in [2.45, 2.75) is 18.8 Å². The maximum absolute atomic E-state index is 10.6. The van der Waals surface area contributed by atoms with Gasteiger partial charge in [-0.3, -0.25) is 4.79 Å². The number of aromatic nitrogens is 5. The Morgan fingerprint density at radius 3 is 2.54 bits per heavy atom. The zero-order chi connectivity index (χ0) is 24.0. The normalized spacial score (nSPS) is 17.0. The average molecular weight is 468 g/mol. The molecule has 3 aromatic heterocycles. The number of nitrogen functional groups attached to an aromatic ring is 1. The van der Waals surface area contributed by atoms with E-state index < -0.39 is 0 Å². The van der Waals surface area contributed by atoms with E-state index in [0.29, 0.717) is 28.9 Å². The van der Waals surface area contributed by atoms with Crippen LogP contribution in [0.5, 0.6) is 11.8 Å². The highest BCUT2D eigenvalue weighted by Gasteiger charge is 2.53. The SMILES string of the molecule is Cn1c(C2CC3(C2)CN(C=CC=O)C3)c(-c2ccc(Oc3ncccn3)cc2)c2c(N)ncnc21. The van der Waals surface area contributed by atoms with Gasteiger partial charge in [0.1, 0.15) is 29.8 Å². The third-order valence-corrected chi connectivity index (χ3v) is 7.13. The Labute approximate surface area is 202 Å². The van der Waals surface area contributed by atoms with Crippen LogP contribution in [0, 0.1) is 5.41 Å². The predicted octanol–water partition coefficient (Wildman–Crippen LogP) is 3.69. The van der Waals surface area contributed by atoms with Crippen LogP contribution in [0.1, 0.15) is 24.5 Å². The van der Waals surface area contributed by atoms with Gasteiger partial charge in [-0.1, -0.05) is 12.1 Å². The smallest absolute Gasteiger partial charge is 0.321 e. The Hall–Kier alpha value is -4.27. The Balaban J connectivity index is 1.33. The molecule has 1 saturated carbocycles. The lowest BCUT2D eigenvalue weighted by Crippen LogP contribution is -2.59. The van der Waals surface area contributed by atoms with Crippen molar-refractivity contribution in [2.24, 2.45) is 12.5 Å². The van der Waals surface area contributed by atoms with Gasteiger partial charge in [0, 0.05) is 61.3 Å². The molecule has 1 aromatic carbocycles. The Morgan fingerprint density at radius 2 is 1.83 bits per heavy atom. The van der Waals surface area contributed by atoms with Crippen molar-refractivity contribution in [2.75, 3.05) is 18.8 Å². The Morgan fingerprint density at radius 1 is 1.09 bits per heavy atom. The molecule has 1 spiro atoms. The number of hydrogen-bond acceptors (Lipinski definition) is 8. The number of carbonyl (C=O) groups is 1. The van der Waals surface area contributed by atoms with E-state index in [9.17, 15) is 4.79 Å². The van der Waals surface area contributed by atoms with Crippen LogP contribution < -0.4 is 10.5 Å². The van der Waals surface area contributed by atoms with Crippen LogP contribution in [0.2, 0.25) is 0 Å². The fraction of sp³-hybridized carbons (Fsp3) is 0.269. The fourth-order valence-corrected chi connectivity index (χ4v) is 5.71. The summed E-state index contributed by atoms with van der Waals surface area (Å²) in [5.41, 5.74) is 10.9. The number of fused-ring (bicyclic) bond motifs is 1.